The summed E-state index contributed by atoms with van der Waals surface area (Å²) >= 11 is 0. The van der Waals surface area contributed by atoms with E-state index in [2.05, 4.69) is 14.8 Å². The van der Waals surface area contributed by atoms with Crippen molar-refractivity contribution in [2.75, 3.05) is 19.5 Å². The van der Waals surface area contributed by atoms with E-state index in [1.54, 1.807) is 0 Å². The van der Waals surface area contributed by atoms with Gasteiger partial charge >= 0.3 is 11.9 Å². The summed E-state index contributed by atoms with van der Waals surface area (Å²) < 4.78 is 31.3. The van der Waals surface area contributed by atoms with Gasteiger partial charge in [-0.15, -0.1) is 0 Å². The van der Waals surface area contributed by atoms with E-state index in [0.717, 1.165) is 6.08 Å². The second-order valence-corrected chi connectivity index (χ2v) is 5.72. The Balaban J connectivity index is 2.94. The van der Waals surface area contributed by atoms with Crippen molar-refractivity contribution in [1.29, 1.82) is 0 Å². The molecule has 3 N–H and O–H groups in total. The SMILES string of the molecule is COC(=O)/C=C/C(=C/Nc1ccc(S(N)(=O)=O)cc1)C(=O)OC. The van der Waals surface area contributed by atoms with E-state index >= 15 is 0 Å². The first-order valence-electron chi connectivity index (χ1n) is 6.22. The summed E-state index contributed by atoms with van der Waals surface area (Å²) in [5.41, 5.74) is 0.568. The number of hydrogen-bond donors (Lipinski definition) is 2. The molecule has 0 radical (unpaired) electrons. The summed E-state index contributed by atoms with van der Waals surface area (Å²) in [5, 5.41) is 7.77. The van der Waals surface area contributed by atoms with Crippen molar-refractivity contribution in [1.82, 2.24) is 0 Å². The Morgan fingerprint density at radius 3 is 2.17 bits per heavy atom. The van der Waals surface area contributed by atoms with Gasteiger partial charge in [0.05, 0.1) is 24.7 Å². The lowest BCUT2D eigenvalue weighted by molar-refractivity contribution is -0.135. The van der Waals surface area contributed by atoms with E-state index in [1.165, 1.54) is 50.8 Å². The van der Waals surface area contributed by atoms with Crippen LogP contribution in [0, 0.1) is 0 Å². The normalized spacial score (nSPS) is 12.0. The number of sulfonamides is 1. The summed E-state index contributed by atoms with van der Waals surface area (Å²) in [5.74, 6) is -1.30. The van der Waals surface area contributed by atoms with Gasteiger partial charge in [0, 0.05) is 18.0 Å². The number of primary sulfonamides is 1. The molecule has 0 saturated carbocycles. The lowest BCUT2D eigenvalue weighted by Gasteiger charge is -2.05. The number of benzene rings is 1. The van der Waals surface area contributed by atoms with Gasteiger partial charge in [-0.25, -0.2) is 23.1 Å². The fourth-order valence-electron chi connectivity index (χ4n) is 1.42. The number of esters is 2. The minimum atomic E-state index is -3.77. The van der Waals surface area contributed by atoms with Crippen LogP contribution in [0.4, 0.5) is 5.69 Å². The molecule has 0 aliphatic heterocycles. The molecule has 0 saturated heterocycles. The van der Waals surface area contributed by atoms with Crippen LogP contribution in [0.25, 0.3) is 0 Å². The molecule has 124 valence electrons. The number of methoxy groups -OCH3 is 2. The molecule has 8 nitrogen and oxygen atoms in total. The molecule has 1 aromatic carbocycles. The third kappa shape index (κ3) is 5.93. The molecule has 1 rings (SSSR count). The van der Waals surface area contributed by atoms with Crippen LogP contribution in [0.2, 0.25) is 0 Å². The first kappa shape index (κ1) is 18.4. The maximum atomic E-state index is 11.6. The van der Waals surface area contributed by atoms with Crippen LogP contribution in [-0.4, -0.2) is 34.6 Å². The fourth-order valence-corrected chi connectivity index (χ4v) is 1.94. The second-order valence-electron chi connectivity index (χ2n) is 4.16. The van der Waals surface area contributed by atoms with Crippen molar-refractivity contribution in [3.63, 3.8) is 0 Å². The molecular formula is C14H16N2O6S. The Labute approximate surface area is 133 Å². The second kappa shape index (κ2) is 8.11. The van der Waals surface area contributed by atoms with E-state index < -0.39 is 22.0 Å². The Bertz CT molecular complexity index is 735. The average molecular weight is 340 g/mol. The zero-order chi connectivity index (χ0) is 17.5. The topological polar surface area (TPSA) is 125 Å². The zero-order valence-electron chi connectivity index (χ0n) is 12.5. The third-order valence-corrected chi connectivity index (χ3v) is 3.53. The van der Waals surface area contributed by atoms with Crippen LogP contribution in [0.15, 0.2) is 53.1 Å². The van der Waals surface area contributed by atoms with Crippen molar-refractivity contribution in [2.24, 2.45) is 5.14 Å². The van der Waals surface area contributed by atoms with Gasteiger partial charge in [0.15, 0.2) is 0 Å². The van der Waals surface area contributed by atoms with Crippen LogP contribution in [0.1, 0.15) is 0 Å². The van der Waals surface area contributed by atoms with Gasteiger partial charge < -0.3 is 14.8 Å². The lowest BCUT2D eigenvalue weighted by atomic mass is 10.2. The van der Waals surface area contributed by atoms with Gasteiger partial charge in [-0.3, -0.25) is 0 Å². The molecule has 9 heteroatoms. The van der Waals surface area contributed by atoms with Crippen molar-refractivity contribution < 1.29 is 27.5 Å². The quantitative estimate of drug-likeness (QED) is 0.439. The number of carbonyl (C=O) groups is 2. The molecule has 0 aliphatic carbocycles. The fraction of sp³-hybridized carbons (Fsp3) is 0.143. The first-order chi connectivity index (χ1) is 10.8. The molecule has 0 spiro atoms. The predicted octanol–water partition coefficient (Wildman–Crippen LogP) is 0.532. The molecule has 0 aliphatic rings. The monoisotopic (exact) mass is 340 g/mol. The maximum absolute atomic E-state index is 11.6. The summed E-state index contributed by atoms with van der Waals surface area (Å²) in [4.78, 5) is 22.6. The first-order valence-corrected chi connectivity index (χ1v) is 7.76. The minimum Gasteiger partial charge on any atom is -0.466 e. The molecule has 0 aromatic heterocycles. The average Bonchev–Trinajstić information content (AvgIpc) is 2.53. The molecule has 0 heterocycles. The molecule has 0 fully saturated rings. The molecule has 23 heavy (non-hydrogen) atoms. The largest absolute Gasteiger partial charge is 0.466 e. The highest BCUT2D eigenvalue weighted by Gasteiger charge is 2.08. The smallest absolute Gasteiger partial charge is 0.339 e. The van der Waals surface area contributed by atoms with Gasteiger partial charge in [-0.05, 0) is 30.3 Å². The van der Waals surface area contributed by atoms with Crippen LogP contribution in [0.3, 0.4) is 0 Å². The molecular weight excluding hydrogens is 324 g/mol. The number of nitrogens with two attached hydrogens (primary N) is 1. The van der Waals surface area contributed by atoms with E-state index in [9.17, 15) is 18.0 Å². The zero-order valence-corrected chi connectivity index (χ0v) is 13.3. The summed E-state index contributed by atoms with van der Waals surface area (Å²) in [6, 6.07) is 5.56. The highest BCUT2D eigenvalue weighted by molar-refractivity contribution is 7.89. The van der Waals surface area contributed by atoms with Crippen molar-refractivity contribution in [2.45, 2.75) is 4.90 Å². The third-order valence-electron chi connectivity index (χ3n) is 2.60. The minimum absolute atomic E-state index is 0.0363. The Morgan fingerprint density at radius 2 is 1.70 bits per heavy atom. The number of rotatable bonds is 6. The van der Waals surface area contributed by atoms with Crippen LogP contribution in [0.5, 0.6) is 0 Å². The molecule has 0 amide bonds. The number of hydrogen-bond acceptors (Lipinski definition) is 7. The summed E-state index contributed by atoms with van der Waals surface area (Å²) in [6.07, 6.45) is 3.59. The van der Waals surface area contributed by atoms with Crippen LogP contribution >= 0.6 is 0 Å². The molecule has 0 atom stereocenters. The van der Waals surface area contributed by atoms with Crippen molar-refractivity contribution >= 4 is 27.6 Å². The highest BCUT2D eigenvalue weighted by Crippen LogP contribution is 2.13. The highest BCUT2D eigenvalue weighted by atomic mass is 32.2. The predicted molar refractivity (Wildman–Crippen MR) is 82.7 cm³/mol. The number of carbonyl (C=O) groups excluding carboxylic acids is 2. The van der Waals surface area contributed by atoms with Crippen molar-refractivity contribution in [3.8, 4) is 0 Å². The van der Waals surface area contributed by atoms with E-state index in [-0.39, 0.29) is 10.5 Å². The molecule has 0 bridgehead atoms. The maximum Gasteiger partial charge on any atom is 0.339 e. The van der Waals surface area contributed by atoms with Crippen molar-refractivity contribution in [3.05, 3.63) is 48.2 Å². The lowest BCUT2D eigenvalue weighted by Crippen LogP contribution is -2.11. The summed E-state index contributed by atoms with van der Waals surface area (Å²) in [6.45, 7) is 0. The van der Waals surface area contributed by atoms with Crippen LogP contribution in [-0.2, 0) is 29.1 Å². The van der Waals surface area contributed by atoms with Gasteiger partial charge in [-0.2, -0.15) is 0 Å². The Kier molecular flexibility index (Phi) is 6.49. The van der Waals surface area contributed by atoms with E-state index in [4.69, 9.17) is 5.14 Å². The Morgan fingerprint density at radius 1 is 1.09 bits per heavy atom. The van der Waals surface area contributed by atoms with Gasteiger partial charge in [0.1, 0.15) is 0 Å². The van der Waals surface area contributed by atoms with E-state index in [0.29, 0.717) is 5.69 Å². The van der Waals surface area contributed by atoms with E-state index in [1.807, 2.05) is 0 Å². The molecule has 1 aromatic rings. The Hall–Kier alpha value is -2.65. The number of ether oxygens (including phenoxy) is 2. The van der Waals surface area contributed by atoms with Gasteiger partial charge in [-0.1, -0.05) is 0 Å². The van der Waals surface area contributed by atoms with Crippen LogP contribution < -0.4 is 10.5 Å². The molecule has 0 unspecified atom stereocenters. The number of nitrogens with one attached hydrogen (secondary N) is 1. The standard InChI is InChI=1S/C14H16N2O6S/c1-21-13(17)8-3-10(14(18)22-2)9-16-11-4-6-12(7-5-11)23(15,19)20/h3-9,16H,1-2H3,(H2,15,19,20)/b8-3+,10-9-. The number of anilines is 1. The van der Waals surface area contributed by atoms with Gasteiger partial charge in [0.2, 0.25) is 10.0 Å². The summed E-state index contributed by atoms with van der Waals surface area (Å²) in [7, 11) is -1.36. The van der Waals surface area contributed by atoms with Gasteiger partial charge in [0.25, 0.3) is 0 Å².